The van der Waals surface area contributed by atoms with E-state index in [1.165, 1.54) is 0 Å². The molecule has 0 saturated heterocycles. The Morgan fingerprint density at radius 2 is 1.84 bits per heavy atom. The number of carbonyl (C=O) groups excluding carboxylic acids is 2. The number of ether oxygens (including phenoxy) is 1. The highest BCUT2D eigenvalue weighted by molar-refractivity contribution is 9.10. The highest BCUT2D eigenvalue weighted by atomic mass is 79.9. The number of pyridine rings is 1. The summed E-state index contributed by atoms with van der Waals surface area (Å²) in [6.45, 7) is 5.86. The van der Waals surface area contributed by atoms with Crippen LogP contribution in [0.3, 0.4) is 0 Å². The molecule has 32 heavy (non-hydrogen) atoms. The van der Waals surface area contributed by atoms with Crippen LogP contribution in [-0.2, 0) is 11.3 Å². The maximum absolute atomic E-state index is 12.9. The molecule has 1 saturated carbocycles. The SMILES string of the molecule is CC(C)(C)OC(=O)NCc1ccc(Nc2c(C(=O)C3CC3)cnc3ccc(Br)cc23)cc1. The molecular formula is C25H26BrN3O3. The van der Waals surface area contributed by atoms with Crippen LogP contribution in [0, 0.1) is 5.92 Å². The molecule has 1 amide bonds. The molecule has 0 radical (unpaired) electrons. The first-order chi connectivity index (χ1) is 15.2. The van der Waals surface area contributed by atoms with Crippen LogP contribution in [0.1, 0.15) is 49.5 Å². The van der Waals surface area contributed by atoms with Gasteiger partial charge in [0, 0.05) is 34.2 Å². The van der Waals surface area contributed by atoms with Gasteiger partial charge in [-0.25, -0.2) is 4.79 Å². The Kier molecular flexibility index (Phi) is 6.20. The van der Waals surface area contributed by atoms with Crippen molar-refractivity contribution in [3.8, 4) is 0 Å². The number of hydrogen-bond acceptors (Lipinski definition) is 5. The fraction of sp³-hybridized carbons (Fsp3) is 0.320. The molecule has 4 rings (SSSR count). The van der Waals surface area contributed by atoms with Crippen LogP contribution < -0.4 is 10.6 Å². The Morgan fingerprint density at radius 3 is 2.50 bits per heavy atom. The first kappa shape index (κ1) is 22.3. The number of aromatic nitrogens is 1. The summed E-state index contributed by atoms with van der Waals surface area (Å²) in [7, 11) is 0. The van der Waals surface area contributed by atoms with E-state index in [-0.39, 0.29) is 11.7 Å². The predicted molar refractivity (Wildman–Crippen MR) is 129 cm³/mol. The average molecular weight is 496 g/mol. The largest absolute Gasteiger partial charge is 0.444 e. The number of benzene rings is 2. The minimum Gasteiger partial charge on any atom is -0.444 e. The van der Waals surface area contributed by atoms with E-state index in [1.807, 2.05) is 63.2 Å². The maximum atomic E-state index is 12.9. The van der Waals surface area contributed by atoms with Gasteiger partial charge in [-0.1, -0.05) is 28.1 Å². The van der Waals surface area contributed by atoms with Crippen molar-refractivity contribution in [2.24, 2.45) is 5.92 Å². The first-order valence-electron chi connectivity index (χ1n) is 10.6. The summed E-state index contributed by atoms with van der Waals surface area (Å²) >= 11 is 3.53. The fourth-order valence-corrected chi connectivity index (χ4v) is 3.75. The van der Waals surface area contributed by atoms with E-state index in [0.717, 1.165) is 45.2 Å². The van der Waals surface area contributed by atoms with Crippen LogP contribution in [0.5, 0.6) is 0 Å². The molecule has 1 heterocycles. The zero-order valence-electron chi connectivity index (χ0n) is 18.4. The number of alkyl carbamates (subject to hydrolysis) is 1. The number of amides is 1. The van der Waals surface area contributed by atoms with Gasteiger partial charge in [0.15, 0.2) is 5.78 Å². The highest BCUT2D eigenvalue weighted by Gasteiger charge is 2.32. The number of hydrogen-bond donors (Lipinski definition) is 2. The predicted octanol–water partition coefficient (Wildman–Crippen LogP) is 6.36. The molecule has 1 fully saturated rings. The first-order valence-corrected chi connectivity index (χ1v) is 11.4. The van der Waals surface area contributed by atoms with Crippen molar-refractivity contribution in [2.75, 3.05) is 5.32 Å². The molecular weight excluding hydrogens is 470 g/mol. The number of nitrogens with zero attached hydrogens (tertiary/aromatic N) is 1. The number of nitrogens with one attached hydrogen (secondary N) is 2. The van der Waals surface area contributed by atoms with E-state index in [4.69, 9.17) is 4.74 Å². The van der Waals surface area contributed by atoms with Gasteiger partial charge in [-0.3, -0.25) is 9.78 Å². The molecule has 3 aromatic rings. The molecule has 0 atom stereocenters. The standard InChI is InChI=1S/C25H26BrN3O3/c1-25(2,3)32-24(31)28-13-15-4-9-18(10-5-15)29-22-19-12-17(26)8-11-21(19)27-14-20(22)23(30)16-6-7-16/h4-5,8-12,14,16H,6-7,13H2,1-3H3,(H,27,29)(H,28,31). The number of halogens is 1. The van der Waals surface area contributed by atoms with Gasteiger partial charge in [0.25, 0.3) is 0 Å². The second-order valence-electron chi connectivity index (χ2n) is 9.02. The number of Topliss-reactive ketones (excluding diaryl/α,β-unsaturated/α-hetero) is 1. The number of anilines is 2. The van der Waals surface area contributed by atoms with Gasteiger partial charge in [0.2, 0.25) is 0 Å². The van der Waals surface area contributed by atoms with Gasteiger partial charge >= 0.3 is 6.09 Å². The summed E-state index contributed by atoms with van der Waals surface area (Å²) in [5, 5.41) is 7.08. The van der Waals surface area contributed by atoms with E-state index in [0.29, 0.717) is 12.1 Å². The van der Waals surface area contributed by atoms with E-state index in [2.05, 4.69) is 31.5 Å². The van der Waals surface area contributed by atoms with Crippen LogP contribution in [0.4, 0.5) is 16.2 Å². The van der Waals surface area contributed by atoms with Gasteiger partial charge in [0.1, 0.15) is 5.60 Å². The Balaban J connectivity index is 1.55. The van der Waals surface area contributed by atoms with Crippen LogP contribution in [0.2, 0.25) is 0 Å². The monoisotopic (exact) mass is 495 g/mol. The number of fused-ring (bicyclic) bond motifs is 1. The van der Waals surface area contributed by atoms with E-state index < -0.39 is 11.7 Å². The lowest BCUT2D eigenvalue weighted by atomic mass is 10.0. The molecule has 166 valence electrons. The third-order valence-corrected chi connectivity index (χ3v) is 5.60. The molecule has 6 nitrogen and oxygen atoms in total. The lowest BCUT2D eigenvalue weighted by molar-refractivity contribution is 0.0523. The summed E-state index contributed by atoms with van der Waals surface area (Å²) < 4.78 is 6.19. The summed E-state index contributed by atoms with van der Waals surface area (Å²) in [5.74, 6) is 0.239. The maximum Gasteiger partial charge on any atom is 0.407 e. The molecule has 1 aliphatic rings. The minimum atomic E-state index is -0.532. The molecule has 1 aliphatic carbocycles. The Hall–Kier alpha value is -2.93. The van der Waals surface area contributed by atoms with Crippen LogP contribution in [-0.4, -0.2) is 22.5 Å². The van der Waals surface area contributed by atoms with Gasteiger partial charge in [-0.2, -0.15) is 0 Å². The van der Waals surface area contributed by atoms with Crippen molar-refractivity contribution in [3.63, 3.8) is 0 Å². The lowest BCUT2D eigenvalue weighted by Gasteiger charge is -2.19. The molecule has 0 spiro atoms. The Morgan fingerprint density at radius 1 is 1.12 bits per heavy atom. The number of rotatable bonds is 6. The van der Waals surface area contributed by atoms with Gasteiger partial charge in [-0.05, 0) is 69.5 Å². The van der Waals surface area contributed by atoms with Crippen molar-refractivity contribution in [2.45, 2.75) is 45.8 Å². The third kappa shape index (κ3) is 5.46. The topological polar surface area (TPSA) is 80.3 Å². The van der Waals surface area contributed by atoms with Crippen molar-refractivity contribution < 1.29 is 14.3 Å². The van der Waals surface area contributed by atoms with Crippen LogP contribution in [0.15, 0.2) is 53.1 Å². The average Bonchev–Trinajstić information content (AvgIpc) is 3.57. The molecule has 0 bridgehead atoms. The fourth-order valence-electron chi connectivity index (χ4n) is 3.39. The molecule has 0 aliphatic heterocycles. The van der Waals surface area contributed by atoms with E-state index in [9.17, 15) is 9.59 Å². The summed E-state index contributed by atoms with van der Waals surface area (Å²) in [4.78, 5) is 29.3. The molecule has 0 unspecified atom stereocenters. The molecule has 2 N–H and O–H groups in total. The number of ketones is 1. The minimum absolute atomic E-state index is 0.100. The second-order valence-corrected chi connectivity index (χ2v) is 9.94. The van der Waals surface area contributed by atoms with Crippen molar-refractivity contribution in [1.29, 1.82) is 0 Å². The van der Waals surface area contributed by atoms with Crippen LogP contribution in [0.25, 0.3) is 10.9 Å². The third-order valence-electron chi connectivity index (χ3n) is 5.10. The van der Waals surface area contributed by atoms with Gasteiger partial charge in [-0.15, -0.1) is 0 Å². The quantitative estimate of drug-likeness (QED) is 0.389. The second kappa shape index (κ2) is 8.90. The smallest absolute Gasteiger partial charge is 0.407 e. The van der Waals surface area contributed by atoms with Crippen LogP contribution >= 0.6 is 15.9 Å². The summed E-state index contributed by atoms with van der Waals surface area (Å²) in [5.41, 5.74) is 3.47. The zero-order chi connectivity index (χ0) is 22.9. The Labute approximate surface area is 195 Å². The molecule has 7 heteroatoms. The molecule has 1 aromatic heterocycles. The lowest BCUT2D eigenvalue weighted by Crippen LogP contribution is -2.32. The zero-order valence-corrected chi connectivity index (χ0v) is 20.0. The van der Waals surface area contributed by atoms with Crippen molar-refractivity contribution in [1.82, 2.24) is 10.3 Å². The molecule has 2 aromatic carbocycles. The Bertz CT molecular complexity index is 1170. The van der Waals surface area contributed by atoms with E-state index >= 15 is 0 Å². The number of carbonyl (C=O) groups is 2. The van der Waals surface area contributed by atoms with Crippen molar-refractivity contribution >= 4 is 50.1 Å². The highest BCUT2D eigenvalue weighted by Crippen LogP contribution is 2.38. The summed E-state index contributed by atoms with van der Waals surface area (Å²) in [6, 6.07) is 13.6. The summed E-state index contributed by atoms with van der Waals surface area (Å²) in [6.07, 6.45) is 3.11. The van der Waals surface area contributed by atoms with E-state index in [1.54, 1.807) is 6.20 Å². The normalized spacial score (nSPS) is 13.6. The van der Waals surface area contributed by atoms with Gasteiger partial charge < -0.3 is 15.4 Å². The van der Waals surface area contributed by atoms with Crippen molar-refractivity contribution in [3.05, 3.63) is 64.3 Å². The van der Waals surface area contributed by atoms with Gasteiger partial charge in [0.05, 0.1) is 16.8 Å².